The minimum absolute atomic E-state index is 0.229. The number of nitrogens with one attached hydrogen (secondary N) is 2. The van der Waals surface area contributed by atoms with Crippen molar-refractivity contribution in [2.45, 2.75) is 45.1 Å². The lowest BCUT2D eigenvalue weighted by atomic mass is 9.89. The normalized spacial score (nSPS) is 14.2. The van der Waals surface area contributed by atoms with Crippen molar-refractivity contribution in [1.82, 2.24) is 5.32 Å². The molecule has 0 spiro atoms. The van der Waals surface area contributed by atoms with E-state index in [2.05, 4.69) is 22.8 Å². The second kappa shape index (κ2) is 8.13. The molecule has 5 heteroatoms. The summed E-state index contributed by atoms with van der Waals surface area (Å²) < 4.78 is 13.2. The first kappa shape index (κ1) is 18.1. The Labute approximate surface area is 152 Å². The van der Waals surface area contributed by atoms with Crippen molar-refractivity contribution in [3.8, 4) is 0 Å². The number of aryl methyl sites for hydroxylation is 2. The highest BCUT2D eigenvalue weighted by Gasteiger charge is 2.20. The molecule has 1 atom stereocenters. The van der Waals surface area contributed by atoms with Crippen molar-refractivity contribution in [2.75, 3.05) is 5.32 Å². The van der Waals surface area contributed by atoms with E-state index in [0.29, 0.717) is 6.42 Å². The van der Waals surface area contributed by atoms with Gasteiger partial charge in [-0.2, -0.15) is 0 Å². The Bertz CT molecular complexity index is 819. The fourth-order valence-corrected chi connectivity index (χ4v) is 3.37. The highest BCUT2D eigenvalue weighted by molar-refractivity contribution is 6.39. The highest BCUT2D eigenvalue weighted by atomic mass is 19.1. The van der Waals surface area contributed by atoms with Crippen LogP contribution in [-0.2, 0) is 22.4 Å². The largest absolute Gasteiger partial charge is 0.341 e. The van der Waals surface area contributed by atoms with Gasteiger partial charge in [0, 0.05) is 5.69 Å². The number of hydrogen-bond acceptors (Lipinski definition) is 2. The van der Waals surface area contributed by atoms with Crippen LogP contribution in [0, 0.1) is 5.82 Å². The smallest absolute Gasteiger partial charge is 0.313 e. The minimum Gasteiger partial charge on any atom is -0.341 e. The molecular weight excluding hydrogens is 331 g/mol. The summed E-state index contributed by atoms with van der Waals surface area (Å²) in [5.74, 6) is -1.99. The van der Waals surface area contributed by atoms with Crippen LogP contribution in [0.15, 0.2) is 42.5 Å². The molecule has 0 bridgehead atoms. The third-order valence-corrected chi connectivity index (χ3v) is 4.78. The summed E-state index contributed by atoms with van der Waals surface area (Å²) in [6.07, 6.45) is 5.26. The summed E-state index contributed by atoms with van der Waals surface area (Å²) in [5.41, 5.74) is 3.99. The quantitative estimate of drug-likeness (QED) is 0.818. The van der Waals surface area contributed by atoms with E-state index < -0.39 is 17.6 Å². The molecule has 3 rings (SSSR count). The highest BCUT2D eigenvalue weighted by Crippen LogP contribution is 2.26. The lowest BCUT2D eigenvalue weighted by Gasteiger charge is -2.21. The number of rotatable bonds is 4. The van der Waals surface area contributed by atoms with E-state index >= 15 is 0 Å². The Hall–Kier alpha value is -2.69. The summed E-state index contributed by atoms with van der Waals surface area (Å²) in [5, 5.41) is 5.20. The number of anilines is 1. The number of benzene rings is 2. The van der Waals surface area contributed by atoms with Gasteiger partial charge < -0.3 is 10.6 Å². The molecule has 26 heavy (non-hydrogen) atoms. The van der Waals surface area contributed by atoms with Crippen LogP contribution in [0.3, 0.4) is 0 Å². The lowest BCUT2D eigenvalue weighted by molar-refractivity contribution is -0.136. The van der Waals surface area contributed by atoms with Crippen molar-refractivity contribution in [3.63, 3.8) is 0 Å². The predicted molar refractivity (Wildman–Crippen MR) is 99.3 cm³/mol. The molecule has 0 saturated heterocycles. The van der Waals surface area contributed by atoms with Crippen LogP contribution in [0.1, 0.15) is 48.9 Å². The number of fused-ring (bicyclic) bond motifs is 1. The van der Waals surface area contributed by atoms with Crippen molar-refractivity contribution in [1.29, 1.82) is 0 Å². The Balaban J connectivity index is 1.67. The maximum absolute atomic E-state index is 13.2. The molecule has 2 N–H and O–H groups in total. The first-order chi connectivity index (χ1) is 12.6. The van der Waals surface area contributed by atoms with Crippen LogP contribution >= 0.6 is 0 Å². The van der Waals surface area contributed by atoms with E-state index in [9.17, 15) is 14.0 Å². The van der Waals surface area contributed by atoms with Crippen molar-refractivity contribution < 1.29 is 14.0 Å². The molecule has 1 aliphatic carbocycles. The molecule has 0 heterocycles. The summed E-state index contributed by atoms with van der Waals surface area (Å²) in [6, 6.07) is 11.5. The average Bonchev–Trinajstić information content (AvgIpc) is 2.65. The van der Waals surface area contributed by atoms with E-state index in [0.717, 1.165) is 18.4 Å². The summed E-state index contributed by atoms with van der Waals surface area (Å²) in [4.78, 5) is 24.3. The maximum Gasteiger partial charge on any atom is 0.313 e. The number of carbonyl (C=O) groups excluding carboxylic acids is 2. The van der Waals surface area contributed by atoms with Crippen LogP contribution in [0.4, 0.5) is 10.1 Å². The van der Waals surface area contributed by atoms with E-state index in [1.54, 1.807) is 0 Å². The third-order valence-electron chi connectivity index (χ3n) is 4.78. The van der Waals surface area contributed by atoms with Gasteiger partial charge in [0.2, 0.25) is 0 Å². The zero-order valence-electron chi connectivity index (χ0n) is 14.8. The minimum atomic E-state index is -0.799. The summed E-state index contributed by atoms with van der Waals surface area (Å²) in [6.45, 7) is 1.97. The molecule has 2 aromatic rings. The standard InChI is InChI=1S/C21H23FN2O2/c1-2-19(16-11-10-14-6-3-4-7-15(14)12-16)24-21(26)20(25)23-18-9-5-8-17(22)13-18/h5,8-13,19H,2-4,6-7H2,1H3,(H,23,25)(H,24,26). The predicted octanol–water partition coefficient (Wildman–Crippen LogP) is 3.91. The monoisotopic (exact) mass is 354 g/mol. The van der Waals surface area contributed by atoms with Gasteiger partial charge >= 0.3 is 11.8 Å². The number of hydrogen-bond donors (Lipinski definition) is 2. The molecule has 4 nitrogen and oxygen atoms in total. The zero-order chi connectivity index (χ0) is 18.5. The molecule has 1 aliphatic rings. The molecule has 2 aromatic carbocycles. The van der Waals surface area contributed by atoms with Gasteiger partial charge in [-0.25, -0.2) is 4.39 Å². The SMILES string of the molecule is CCC(NC(=O)C(=O)Nc1cccc(F)c1)c1ccc2c(c1)CCCC2. The van der Waals surface area contributed by atoms with Crippen LogP contribution in [-0.4, -0.2) is 11.8 Å². The van der Waals surface area contributed by atoms with E-state index in [1.165, 1.54) is 48.2 Å². The molecule has 0 fully saturated rings. The number of carbonyl (C=O) groups is 2. The van der Waals surface area contributed by atoms with Gasteiger partial charge in [0.25, 0.3) is 0 Å². The average molecular weight is 354 g/mol. The fraction of sp³-hybridized carbons (Fsp3) is 0.333. The van der Waals surface area contributed by atoms with Gasteiger partial charge in [-0.3, -0.25) is 9.59 Å². The van der Waals surface area contributed by atoms with Gasteiger partial charge in [0.15, 0.2) is 0 Å². The molecule has 2 amide bonds. The second-order valence-electron chi connectivity index (χ2n) is 6.63. The molecule has 0 saturated carbocycles. The Morgan fingerprint density at radius 3 is 2.54 bits per heavy atom. The van der Waals surface area contributed by atoms with Crippen LogP contribution in [0.25, 0.3) is 0 Å². The molecule has 136 valence electrons. The first-order valence-corrected chi connectivity index (χ1v) is 9.06. The molecular formula is C21H23FN2O2. The Kier molecular flexibility index (Phi) is 5.66. The summed E-state index contributed by atoms with van der Waals surface area (Å²) >= 11 is 0. The van der Waals surface area contributed by atoms with Gasteiger partial charge in [-0.1, -0.05) is 31.2 Å². The van der Waals surface area contributed by atoms with Crippen LogP contribution < -0.4 is 10.6 Å². The summed E-state index contributed by atoms with van der Waals surface area (Å²) in [7, 11) is 0. The Morgan fingerprint density at radius 1 is 1.04 bits per heavy atom. The van der Waals surface area contributed by atoms with E-state index in [4.69, 9.17) is 0 Å². The van der Waals surface area contributed by atoms with Gasteiger partial charge in [0.05, 0.1) is 6.04 Å². The van der Waals surface area contributed by atoms with Crippen molar-refractivity contribution in [3.05, 3.63) is 65.0 Å². The van der Waals surface area contributed by atoms with E-state index in [1.807, 2.05) is 13.0 Å². The number of amides is 2. The van der Waals surface area contributed by atoms with Crippen molar-refractivity contribution >= 4 is 17.5 Å². The van der Waals surface area contributed by atoms with Crippen LogP contribution in [0.5, 0.6) is 0 Å². The molecule has 0 radical (unpaired) electrons. The van der Waals surface area contributed by atoms with E-state index in [-0.39, 0.29) is 11.7 Å². The first-order valence-electron chi connectivity index (χ1n) is 9.06. The topological polar surface area (TPSA) is 58.2 Å². The zero-order valence-corrected chi connectivity index (χ0v) is 14.8. The second-order valence-corrected chi connectivity index (χ2v) is 6.63. The fourth-order valence-electron chi connectivity index (χ4n) is 3.37. The van der Waals surface area contributed by atoms with Crippen LogP contribution in [0.2, 0.25) is 0 Å². The van der Waals surface area contributed by atoms with Gasteiger partial charge in [-0.05, 0) is 67.0 Å². The maximum atomic E-state index is 13.2. The molecule has 0 aromatic heterocycles. The Morgan fingerprint density at radius 2 is 1.81 bits per heavy atom. The van der Waals surface area contributed by atoms with Crippen molar-refractivity contribution in [2.24, 2.45) is 0 Å². The van der Waals surface area contributed by atoms with Gasteiger partial charge in [-0.15, -0.1) is 0 Å². The third kappa shape index (κ3) is 4.28. The van der Waals surface area contributed by atoms with Gasteiger partial charge in [0.1, 0.15) is 5.82 Å². The lowest BCUT2D eigenvalue weighted by Crippen LogP contribution is -2.37. The molecule has 1 unspecified atom stereocenters. The molecule has 0 aliphatic heterocycles. The number of halogens is 1.